The van der Waals surface area contributed by atoms with Gasteiger partial charge in [0.05, 0.1) is 6.26 Å². The Morgan fingerprint density at radius 3 is 2.41 bits per heavy atom. The van der Waals surface area contributed by atoms with Crippen molar-refractivity contribution < 1.29 is 9.21 Å². The predicted molar refractivity (Wildman–Crippen MR) is 66.1 cm³/mol. The normalized spacial score (nSPS) is 10.6. The van der Waals surface area contributed by atoms with E-state index in [1.54, 1.807) is 18.4 Å². The fourth-order valence-corrected chi connectivity index (χ4v) is 1.89. The molecule has 2 aromatic carbocycles. The van der Waals surface area contributed by atoms with Crippen LogP contribution in [0.15, 0.2) is 65.3 Å². The molecule has 0 fully saturated rings. The average molecular weight is 222 g/mol. The van der Waals surface area contributed by atoms with Gasteiger partial charge in [-0.1, -0.05) is 54.6 Å². The van der Waals surface area contributed by atoms with Gasteiger partial charge in [-0.15, -0.1) is 0 Å². The van der Waals surface area contributed by atoms with Gasteiger partial charge < -0.3 is 4.42 Å². The molecule has 0 bridgehead atoms. The van der Waals surface area contributed by atoms with Crippen LogP contribution in [-0.4, -0.2) is 5.78 Å². The van der Waals surface area contributed by atoms with Crippen LogP contribution < -0.4 is 0 Å². The predicted octanol–water partition coefficient (Wildman–Crippen LogP) is 3.66. The Bertz CT molecular complexity index is 665. The first-order valence-corrected chi connectivity index (χ1v) is 5.42. The third kappa shape index (κ3) is 1.64. The Kier molecular flexibility index (Phi) is 2.26. The van der Waals surface area contributed by atoms with Crippen LogP contribution in [0.1, 0.15) is 16.1 Å². The van der Waals surface area contributed by atoms with Crippen molar-refractivity contribution in [1.82, 2.24) is 0 Å². The van der Waals surface area contributed by atoms with Crippen molar-refractivity contribution >= 4 is 16.6 Å². The van der Waals surface area contributed by atoms with E-state index in [2.05, 4.69) is 0 Å². The van der Waals surface area contributed by atoms with Crippen LogP contribution >= 0.6 is 0 Å². The van der Waals surface area contributed by atoms with Crippen LogP contribution in [0.3, 0.4) is 0 Å². The van der Waals surface area contributed by atoms with E-state index >= 15 is 0 Å². The Morgan fingerprint density at radius 1 is 0.882 bits per heavy atom. The van der Waals surface area contributed by atoms with E-state index in [-0.39, 0.29) is 5.78 Å². The molecule has 0 saturated carbocycles. The molecule has 0 radical (unpaired) electrons. The summed E-state index contributed by atoms with van der Waals surface area (Å²) < 4.78 is 5.38. The molecule has 0 spiro atoms. The molecule has 1 aromatic heterocycles. The molecule has 0 aliphatic carbocycles. The largest absolute Gasteiger partial charge is 0.460 e. The summed E-state index contributed by atoms with van der Waals surface area (Å²) in [4.78, 5) is 12.2. The highest BCUT2D eigenvalue weighted by atomic mass is 16.3. The smallest absolute Gasteiger partial charge is 0.228 e. The lowest BCUT2D eigenvalue weighted by Crippen LogP contribution is -1.99. The van der Waals surface area contributed by atoms with Gasteiger partial charge in [0.2, 0.25) is 5.78 Å². The molecule has 1 heterocycles. The van der Waals surface area contributed by atoms with Gasteiger partial charge in [-0.3, -0.25) is 4.79 Å². The number of ketones is 1. The van der Waals surface area contributed by atoms with E-state index in [9.17, 15) is 4.79 Å². The number of carbonyl (C=O) groups excluding carboxylic acids is 1. The fourth-order valence-electron chi connectivity index (χ4n) is 1.89. The third-order valence-electron chi connectivity index (χ3n) is 2.75. The zero-order valence-corrected chi connectivity index (χ0v) is 9.09. The summed E-state index contributed by atoms with van der Waals surface area (Å²) in [6.45, 7) is 0. The molecule has 0 aliphatic heterocycles. The van der Waals surface area contributed by atoms with Crippen molar-refractivity contribution in [3.05, 3.63) is 72.2 Å². The van der Waals surface area contributed by atoms with E-state index in [1.807, 2.05) is 42.5 Å². The molecule has 2 heteroatoms. The van der Waals surface area contributed by atoms with Crippen LogP contribution in [0.2, 0.25) is 0 Å². The molecule has 0 atom stereocenters. The summed E-state index contributed by atoms with van der Waals surface area (Å²) in [5.41, 5.74) is 0.646. The van der Waals surface area contributed by atoms with Crippen LogP contribution in [-0.2, 0) is 0 Å². The first-order chi connectivity index (χ1) is 8.36. The molecule has 0 unspecified atom stereocenters. The second-order valence-electron chi connectivity index (χ2n) is 3.85. The zero-order chi connectivity index (χ0) is 11.7. The minimum Gasteiger partial charge on any atom is -0.460 e. The van der Waals surface area contributed by atoms with Gasteiger partial charge in [0.15, 0.2) is 5.76 Å². The van der Waals surface area contributed by atoms with Crippen LogP contribution in [0.5, 0.6) is 0 Å². The molecule has 0 aliphatic rings. The summed E-state index contributed by atoms with van der Waals surface area (Å²) in [5, 5.41) is 1.81. The number of benzene rings is 2. The molecule has 17 heavy (non-hydrogen) atoms. The van der Waals surface area contributed by atoms with Gasteiger partial charge in [-0.25, -0.2) is 0 Å². The lowest BCUT2D eigenvalue weighted by molar-refractivity contribution is 0.101. The molecule has 0 amide bonds. The van der Waals surface area contributed by atoms with E-state index in [0.29, 0.717) is 11.3 Å². The summed E-state index contributed by atoms with van der Waals surface area (Å²) in [7, 11) is 0. The standard InChI is InChI=1S/C15H10O2/c16-14(11-6-2-1-3-7-11)15-13-9-5-4-8-12(13)10-17-15/h1-10H. The van der Waals surface area contributed by atoms with E-state index in [1.165, 1.54) is 0 Å². The van der Waals surface area contributed by atoms with Crippen molar-refractivity contribution in [3.63, 3.8) is 0 Å². The molecule has 82 valence electrons. The third-order valence-corrected chi connectivity index (χ3v) is 2.75. The Balaban J connectivity index is 2.14. The van der Waals surface area contributed by atoms with Crippen LogP contribution in [0.4, 0.5) is 0 Å². The van der Waals surface area contributed by atoms with Crippen molar-refractivity contribution in [2.75, 3.05) is 0 Å². The monoisotopic (exact) mass is 222 g/mol. The van der Waals surface area contributed by atoms with Crippen LogP contribution in [0.25, 0.3) is 10.8 Å². The second kappa shape index (κ2) is 3.91. The Hall–Kier alpha value is -2.35. The lowest BCUT2D eigenvalue weighted by Gasteiger charge is -1.97. The van der Waals surface area contributed by atoms with Gasteiger partial charge >= 0.3 is 0 Å². The summed E-state index contributed by atoms with van der Waals surface area (Å²) >= 11 is 0. The maximum absolute atomic E-state index is 12.2. The van der Waals surface area contributed by atoms with Gasteiger partial charge in [0, 0.05) is 16.3 Å². The molecule has 3 rings (SSSR count). The van der Waals surface area contributed by atoms with Gasteiger partial charge in [0.25, 0.3) is 0 Å². The maximum atomic E-state index is 12.2. The highest BCUT2D eigenvalue weighted by Crippen LogP contribution is 2.23. The molecule has 3 aromatic rings. The Morgan fingerprint density at radius 2 is 1.59 bits per heavy atom. The second-order valence-corrected chi connectivity index (χ2v) is 3.85. The Labute approximate surface area is 98.5 Å². The van der Waals surface area contributed by atoms with Gasteiger partial charge in [0.1, 0.15) is 0 Å². The topological polar surface area (TPSA) is 30.2 Å². The van der Waals surface area contributed by atoms with E-state index in [4.69, 9.17) is 4.42 Å². The number of hydrogen-bond donors (Lipinski definition) is 0. The summed E-state index contributed by atoms with van der Waals surface area (Å²) in [6.07, 6.45) is 1.62. The molecular formula is C15H10O2. The van der Waals surface area contributed by atoms with E-state index in [0.717, 1.165) is 10.8 Å². The van der Waals surface area contributed by atoms with Crippen molar-refractivity contribution in [3.8, 4) is 0 Å². The zero-order valence-electron chi connectivity index (χ0n) is 9.09. The molecule has 2 nitrogen and oxygen atoms in total. The average Bonchev–Trinajstić information content (AvgIpc) is 2.83. The maximum Gasteiger partial charge on any atom is 0.228 e. The van der Waals surface area contributed by atoms with E-state index < -0.39 is 0 Å². The van der Waals surface area contributed by atoms with Crippen molar-refractivity contribution in [2.45, 2.75) is 0 Å². The number of rotatable bonds is 2. The molecule has 0 saturated heterocycles. The highest BCUT2D eigenvalue weighted by molar-refractivity contribution is 6.14. The number of carbonyl (C=O) groups is 1. The van der Waals surface area contributed by atoms with Gasteiger partial charge in [-0.2, -0.15) is 0 Å². The number of hydrogen-bond acceptors (Lipinski definition) is 2. The summed E-state index contributed by atoms with van der Waals surface area (Å²) in [6, 6.07) is 16.8. The van der Waals surface area contributed by atoms with Crippen molar-refractivity contribution in [2.24, 2.45) is 0 Å². The SMILES string of the molecule is O=C(c1ccccc1)c1occ2ccccc12. The summed E-state index contributed by atoms with van der Waals surface area (Å²) in [5.74, 6) is 0.332. The fraction of sp³-hybridized carbons (Fsp3) is 0. The quantitative estimate of drug-likeness (QED) is 0.619. The minimum absolute atomic E-state index is 0.0770. The van der Waals surface area contributed by atoms with Gasteiger partial charge in [-0.05, 0) is 0 Å². The van der Waals surface area contributed by atoms with Crippen LogP contribution in [0, 0.1) is 0 Å². The lowest BCUT2D eigenvalue weighted by atomic mass is 10.1. The first-order valence-electron chi connectivity index (χ1n) is 5.42. The first kappa shape index (κ1) is 9.85. The number of furan rings is 1. The molecule has 0 N–H and O–H groups in total. The molecular weight excluding hydrogens is 212 g/mol. The minimum atomic E-state index is -0.0770. The number of fused-ring (bicyclic) bond motifs is 1. The van der Waals surface area contributed by atoms with Crippen molar-refractivity contribution in [1.29, 1.82) is 0 Å². The highest BCUT2D eigenvalue weighted by Gasteiger charge is 2.15.